The molecule has 24 heavy (non-hydrogen) atoms. The highest BCUT2D eigenvalue weighted by atomic mass is 16.5. The summed E-state index contributed by atoms with van der Waals surface area (Å²) in [5, 5.41) is 2.92. The fraction of sp³-hybridized carbons (Fsp3) is 0.222. The quantitative estimate of drug-likeness (QED) is 0.814. The van der Waals surface area contributed by atoms with Gasteiger partial charge in [0.25, 0.3) is 11.8 Å². The Kier molecular flexibility index (Phi) is 5.78. The lowest BCUT2D eigenvalue weighted by Crippen LogP contribution is -2.26. The fourth-order valence-corrected chi connectivity index (χ4v) is 2.18. The van der Waals surface area contributed by atoms with Crippen molar-refractivity contribution in [2.24, 2.45) is 5.73 Å². The third-order valence-corrected chi connectivity index (χ3v) is 3.44. The van der Waals surface area contributed by atoms with Gasteiger partial charge in [0.05, 0.1) is 13.2 Å². The van der Waals surface area contributed by atoms with Gasteiger partial charge >= 0.3 is 0 Å². The van der Waals surface area contributed by atoms with Crippen molar-refractivity contribution in [2.75, 3.05) is 13.7 Å². The van der Waals surface area contributed by atoms with E-state index in [4.69, 9.17) is 15.2 Å². The molecule has 3 N–H and O–H groups in total. The van der Waals surface area contributed by atoms with Crippen molar-refractivity contribution in [3.63, 3.8) is 0 Å². The lowest BCUT2D eigenvalue weighted by atomic mass is 10.1. The second-order valence-corrected chi connectivity index (χ2v) is 5.23. The van der Waals surface area contributed by atoms with Crippen LogP contribution in [0.4, 0.5) is 0 Å². The monoisotopic (exact) mass is 328 g/mol. The molecule has 0 aliphatic carbocycles. The molecule has 0 bridgehead atoms. The fourth-order valence-electron chi connectivity index (χ4n) is 2.18. The molecule has 0 spiro atoms. The van der Waals surface area contributed by atoms with Crippen molar-refractivity contribution in [3.8, 4) is 11.5 Å². The second-order valence-electron chi connectivity index (χ2n) is 5.23. The predicted molar refractivity (Wildman–Crippen MR) is 90.0 cm³/mol. The molecule has 2 amide bonds. The summed E-state index contributed by atoms with van der Waals surface area (Å²) >= 11 is 0. The first-order valence-electron chi connectivity index (χ1n) is 7.46. The van der Waals surface area contributed by atoms with Gasteiger partial charge in [-0.3, -0.25) is 9.59 Å². The van der Waals surface area contributed by atoms with Gasteiger partial charge in [-0.25, -0.2) is 0 Å². The summed E-state index contributed by atoms with van der Waals surface area (Å²) in [6.45, 7) is 1.65. The molecule has 0 aromatic heterocycles. The van der Waals surface area contributed by atoms with E-state index in [-0.39, 0.29) is 18.6 Å². The molecule has 2 rings (SSSR count). The van der Waals surface area contributed by atoms with Gasteiger partial charge in [-0.1, -0.05) is 30.3 Å². The minimum absolute atomic E-state index is 0.129. The molecule has 2 aromatic rings. The van der Waals surface area contributed by atoms with Gasteiger partial charge in [-0.05, 0) is 30.7 Å². The van der Waals surface area contributed by atoms with E-state index >= 15 is 0 Å². The molecule has 0 saturated carbocycles. The molecule has 6 nitrogen and oxygen atoms in total. The zero-order chi connectivity index (χ0) is 17.5. The normalized spacial score (nSPS) is 11.4. The minimum atomic E-state index is -0.587. The second kappa shape index (κ2) is 8.01. The number of methoxy groups -OCH3 is 1. The summed E-state index contributed by atoms with van der Waals surface area (Å²) in [4.78, 5) is 23.2. The maximum Gasteiger partial charge on any atom is 0.255 e. The average Bonchev–Trinajstić information content (AvgIpc) is 2.60. The SMILES string of the molecule is COc1cc(C(=O)NC(C)c2ccccc2)ccc1OCC(N)=O. The minimum Gasteiger partial charge on any atom is -0.493 e. The molecule has 0 fully saturated rings. The lowest BCUT2D eigenvalue weighted by molar-refractivity contribution is -0.119. The van der Waals surface area contributed by atoms with Crippen LogP contribution in [-0.4, -0.2) is 25.5 Å². The topological polar surface area (TPSA) is 90.7 Å². The van der Waals surface area contributed by atoms with Crippen LogP contribution in [-0.2, 0) is 4.79 Å². The Labute approximate surface area is 140 Å². The average molecular weight is 328 g/mol. The smallest absolute Gasteiger partial charge is 0.255 e. The van der Waals surface area contributed by atoms with E-state index in [2.05, 4.69) is 5.32 Å². The van der Waals surface area contributed by atoms with Gasteiger partial charge < -0.3 is 20.5 Å². The van der Waals surface area contributed by atoms with E-state index in [1.807, 2.05) is 37.3 Å². The lowest BCUT2D eigenvalue weighted by Gasteiger charge is -2.15. The molecular formula is C18H20N2O4. The zero-order valence-corrected chi connectivity index (χ0v) is 13.6. The molecule has 1 atom stereocenters. The van der Waals surface area contributed by atoms with Gasteiger partial charge in [0.15, 0.2) is 18.1 Å². The Hall–Kier alpha value is -3.02. The van der Waals surface area contributed by atoms with Crippen LogP contribution in [0, 0.1) is 0 Å². The van der Waals surface area contributed by atoms with Gasteiger partial charge in [-0.2, -0.15) is 0 Å². The Bertz CT molecular complexity index is 716. The number of ether oxygens (including phenoxy) is 2. The van der Waals surface area contributed by atoms with E-state index < -0.39 is 5.91 Å². The van der Waals surface area contributed by atoms with Crippen molar-refractivity contribution in [3.05, 3.63) is 59.7 Å². The zero-order valence-electron chi connectivity index (χ0n) is 13.6. The van der Waals surface area contributed by atoms with Crippen molar-refractivity contribution < 1.29 is 19.1 Å². The summed E-state index contributed by atoms with van der Waals surface area (Å²) in [6, 6.07) is 14.3. The van der Waals surface area contributed by atoms with Crippen LogP contribution in [0.5, 0.6) is 11.5 Å². The number of nitrogens with one attached hydrogen (secondary N) is 1. The number of primary amides is 1. The van der Waals surface area contributed by atoms with Gasteiger partial charge in [-0.15, -0.1) is 0 Å². The number of rotatable bonds is 7. The Morgan fingerprint density at radius 1 is 1.12 bits per heavy atom. The molecule has 0 saturated heterocycles. The summed E-state index contributed by atoms with van der Waals surface area (Å²) in [6.07, 6.45) is 0. The van der Waals surface area contributed by atoms with E-state index in [1.54, 1.807) is 18.2 Å². The Morgan fingerprint density at radius 3 is 2.46 bits per heavy atom. The molecule has 0 aliphatic rings. The van der Waals surface area contributed by atoms with Crippen LogP contribution < -0.4 is 20.5 Å². The van der Waals surface area contributed by atoms with E-state index in [1.165, 1.54) is 7.11 Å². The first kappa shape index (κ1) is 17.3. The molecule has 0 radical (unpaired) electrons. The largest absolute Gasteiger partial charge is 0.493 e. The van der Waals surface area contributed by atoms with Crippen LogP contribution >= 0.6 is 0 Å². The highest BCUT2D eigenvalue weighted by Crippen LogP contribution is 2.28. The van der Waals surface area contributed by atoms with Crippen molar-refractivity contribution in [1.82, 2.24) is 5.32 Å². The maximum absolute atomic E-state index is 12.4. The summed E-state index contributed by atoms with van der Waals surface area (Å²) < 4.78 is 10.4. The van der Waals surface area contributed by atoms with Crippen molar-refractivity contribution in [1.29, 1.82) is 0 Å². The number of hydrogen-bond donors (Lipinski definition) is 2. The van der Waals surface area contributed by atoms with Crippen LogP contribution in [0.25, 0.3) is 0 Å². The van der Waals surface area contributed by atoms with E-state index in [9.17, 15) is 9.59 Å². The molecule has 1 unspecified atom stereocenters. The molecule has 6 heteroatoms. The van der Waals surface area contributed by atoms with Crippen molar-refractivity contribution in [2.45, 2.75) is 13.0 Å². The van der Waals surface area contributed by atoms with Crippen LogP contribution in [0.3, 0.4) is 0 Å². The Morgan fingerprint density at radius 2 is 1.83 bits per heavy atom. The standard InChI is InChI=1S/C18H20N2O4/c1-12(13-6-4-3-5-7-13)20-18(22)14-8-9-15(16(10-14)23-2)24-11-17(19)21/h3-10,12H,11H2,1-2H3,(H2,19,21)(H,20,22). The number of nitrogens with two attached hydrogens (primary N) is 1. The first-order valence-corrected chi connectivity index (χ1v) is 7.46. The van der Waals surface area contributed by atoms with Gasteiger partial charge in [0.2, 0.25) is 0 Å². The highest BCUT2D eigenvalue weighted by molar-refractivity contribution is 5.95. The Balaban J connectivity index is 2.10. The van der Waals surface area contributed by atoms with Crippen LogP contribution in [0.2, 0.25) is 0 Å². The number of hydrogen-bond acceptors (Lipinski definition) is 4. The van der Waals surface area contributed by atoms with E-state index in [0.717, 1.165) is 5.56 Å². The molecular weight excluding hydrogens is 308 g/mol. The number of benzene rings is 2. The summed E-state index contributed by atoms with van der Waals surface area (Å²) in [5.74, 6) is -0.109. The molecule has 0 heterocycles. The summed E-state index contributed by atoms with van der Waals surface area (Å²) in [5.41, 5.74) is 6.50. The molecule has 0 aliphatic heterocycles. The maximum atomic E-state index is 12.4. The first-order chi connectivity index (χ1) is 11.5. The third-order valence-electron chi connectivity index (χ3n) is 3.44. The van der Waals surface area contributed by atoms with Gasteiger partial charge in [0, 0.05) is 5.56 Å². The third kappa shape index (κ3) is 4.49. The molecule has 2 aromatic carbocycles. The number of carbonyl (C=O) groups is 2. The summed E-state index contributed by atoms with van der Waals surface area (Å²) in [7, 11) is 1.46. The van der Waals surface area contributed by atoms with Crippen LogP contribution in [0.15, 0.2) is 48.5 Å². The predicted octanol–water partition coefficient (Wildman–Crippen LogP) is 2.05. The van der Waals surface area contributed by atoms with Gasteiger partial charge in [0.1, 0.15) is 0 Å². The van der Waals surface area contributed by atoms with E-state index in [0.29, 0.717) is 17.1 Å². The highest BCUT2D eigenvalue weighted by Gasteiger charge is 2.14. The number of amides is 2. The number of carbonyl (C=O) groups excluding carboxylic acids is 2. The van der Waals surface area contributed by atoms with Crippen molar-refractivity contribution >= 4 is 11.8 Å². The molecule has 126 valence electrons. The van der Waals surface area contributed by atoms with Crippen LogP contribution in [0.1, 0.15) is 28.9 Å².